The molecule has 6 atom stereocenters. The van der Waals surface area contributed by atoms with E-state index >= 15 is 0 Å². The Balaban J connectivity index is 1.77. The minimum absolute atomic E-state index is 0.00301. The summed E-state index contributed by atoms with van der Waals surface area (Å²) in [6, 6.07) is 7.53. The Labute approximate surface area is 330 Å². The minimum atomic E-state index is -0.909. The number of thiazole rings is 1. The topological polar surface area (TPSA) is 170 Å². The third-order valence-corrected chi connectivity index (χ3v) is 11.1. The van der Waals surface area contributed by atoms with Gasteiger partial charge in [0.2, 0.25) is 11.8 Å². The van der Waals surface area contributed by atoms with Crippen LogP contribution >= 0.6 is 11.3 Å². The highest BCUT2D eigenvalue weighted by molar-refractivity contribution is 7.09. The Hall–Kier alpha value is -3.98. The average Bonchev–Trinajstić information content (AvgIpc) is 3.80. The molecular weight excluding hydrogens is 721 g/mol. The molecule has 14 heteroatoms. The van der Waals surface area contributed by atoms with E-state index in [1.165, 1.54) is 28.4 Å². The van der Waals surface area contributed by atoms with Crippen molar-refractivity contribution in [3.63, 3.8) is 0 Å². The number of nitrogens with zero attached hydrogens (tertiary/aromatic N) is 3. The van der Waals surface area contributed by atoms with Crippen LogP contribution in [-0.2, 0) is 23.9 Å². The summed E-state index contributed by atoms with van der Waals surface area (Å²) in [7, 11) is 3.67. The molecule has 0 radical (unpaired) electrons. The predicted molar refractivity (Wildman–Crippen MR) is 214 cm³/mol. The fourth-order valence-electron chi connectivity index (χ4n) is 6.50. The molecular formula is C41H62N6O7S. The maximum Gasteiger partial charge on any atom is 0.271 e. The molecule has 1 aromatic heterocycles. The Kier molecular flexibility index (Phi) is 19.1. The fraction of sp³-hybridized carbons (Fsp3) is 0.610. The highest BCUT2D eigenvalue weighted by Crippen LogP contribution is 2.31. The highest BCUT2D eigenvalue weighted by atomic mass is 32.1. The number of aliphatic hydroxyl groups excluding tert-OH is 1. The van der Waals surface area contributed by atoms with Gasteiger partial charge in [0, 0.05) is 56.6 Å². The lowest BCUT2D eigenvalue weighted by atomic mass is 9.93. The van der Waals surface area contributed by atoms with Crippen LogP contribution in [0, 0.1) is 11.8 Å². The van der Waals surface area contributed by atoms with E-state index in [-0.39, 0.29) is 60.4 Å². The van der Waals surface area contributed by atoms with Gasteiger partial charge in [0.15, 0.2) is 0 Å². The standard InChI is InChI=1S/C41H62N6O7S/c1-8-28(4)37(45-34(48)19-13-10-14-22-42-6)41(53)46(7)32(27(2)3)25-33(54-24-16-15-23-47-35(49)20-21-36(47)50)40-44-31(26-55-40)39(52)43-29(5)38(51)30-17-11-9-12-18-30/h9,11-12,17-18,20-21,26-29,32-33,37-38,42,51H,8,10,13-16,19,22-25H2,1-7H3,(H,43,52)(H,45,48)/t28-,29+,32+,33+,37-,38?/m0/s1. The molecule has 55 heavy (non-hydrogen) atoms. The molecule has 0 saturated carbocycles. The van der Waals surface area contributed by atoms with E-state index in [0.29, 0.717) is 42.7 Å². The Morgan fingerprint density at radius 2 is 1.65 bits per heavy atom. The summed E-state index contributed by atoms with van der Waals surface area (Å²) in [4.78, 5) is 72.2. The van der Waals surface area contributed by atoms with Crippen molar-refractivity contribution < 1.29 is 33.8 Å². The van der Waals surface area contributed by atoms with Crippen molar-refractivity contribution in [1.29, 1.82) is 0 Å². The van der Waals surface area contributed by atoms with Crippen molar-refractivity contribution in [2.75, 3.05) is 33.8 Å². The number of aliphatic hydroxyl groups is 1. The molecule has 304 valence electrons. The van der Waals surface area contributed by atoms with E-state index in [1.54, 1.807) is 36.4 Å². The van der Waals surface area contributed by atoms with Gasteiger partial charge in [-0.2, -0.15) is 0 Å². The number of rotatable bonds is 25. The second kappa shape index (κ2) is 23.2. The van der Waals surface area contributed by atoms with Crippen molar-refractivity contribution in [3.8, 4) is 0 Å². The average molecular weight is 783 g/mol. The van der Waals surface area contributed by atoms with Crippen LogP contribution in [0.5, 0.6) is 0 Å². The number of hydrogen-bond acceptors (Lipinski definition) is 10. The number of benzene rings is 1. The summed E-state index contributed by atoms with van der Waals surface area (Å²) in [6.07, 6.45) is 6.22. The molecule has 1 aliphatic rings. The minimum Gasteiger partial charge on any atom is -0.386 e. The van der Waals surface area contributed by atoms with Crippen molar-refractivity contribution in [2.24, 2.45) is 11.8 Å². The molecule has 2 aromatic rings. The van der Waals surface area contributed by atoms with Gasteiger partial charge in [0.25, 0.3) is 17.7 Å². The first-order valence-electron chi connectivity index (χ1n) is 19.6. The van der Waals surface area contributed by atoms with Gasteiger partial charge in [-0.3, -0.25) is 28.9 Å². The Morgan fingerprint density at radius 3 is 2.29 bits per heavy atom. The van der Waals surface area contributed by atoms with Crippen molar-refractivity contribution >= 4 is 40.9 Å². The second-order valence-corrected chi connectivity index (χ2v) is 15.6. The summed E-state index contributed by atoms with van der Waals surface area (Å²) >= 11 is 1.28. The van der Waals surface area contributed by atoms with Gasteiger partial charge in [-0.05, 0) is 63.6 Å². The normalized spacial score (nSPS) is 16.1. The predicted octanol–water partition coefficient (Wildman–Crippen LogP) is 4.94. The first kappa shape index (κ1) is 45.4. The lowest BCUT2D eigenvalue weighted by Gasteiger charge is -2.37. The van der Waals surface area contributed by atoms with Crippen LogP contribution in [0.1, 0.15) is 119 Å². The third-order valence-electron chi connectivity index (χ3n) is 10.2. The van der Waals surface area contributed by atoms with Crippen molar-refractivity contribution in [1.82, 2.24) is 30.7 Å². The van der Waals surface area contributed by atoms with E-state index in [4.69, 9.17) is 4.74 Å². The second-order valence-electron chi connectivity index (χ2n) is 14.8. The van der Waals surface area contributed by atoms with Gasteiger partial charge < -0.3 is 30.7 Å². The molecule has 1 unspecified atom stereocenters. The number of likely N-dealkylation sites (N-methyl/N-ethyl adjacent to an activating group) is 1. The molecule has 5 amide bonds. The summed E-state index contributed by atoms with van der Waals surface area (Å²) in [5.41, 5.74) is 0.876. The largest absolute Gasteiger partial charge is 0.386 e. The van der Waals surface area contributed by atoms with Crippen LogP contribution in [0.15, 0.2) is 47.9 Å². The fourth-order valence-corrected chi connectivity index (χ4v) is 7.36. The highest BCUT2D eigenvalue weighted by Gasteiger charge is 2.35. The number of carbonyl (C=O) groups is 5. The summed E-state index contributed by atoms with van der Waals surface area (Å²) < 4.78 is 6.45. The summed E-state index contributed by atoms with van der Waals surface area (Å²) in [5, 5.41) is 22.1. The Morgan fingerprint density at radius 1 is 0.964 bits per heavy atom. The zero-order chi connectivity index (χ0) is 40.5. The zero-order valence-corrected chi connectivity index (χ0v) is 34.4. The van der Waals surface area contributed by atoms with Crippen LogP contribution in [0.25, 0.3) is 0 Å². The van der Waals surface area contributed by atoms with E-state index in [0.717, 1.165) is 25.8 Å². The first-order valence-corrected chi connectivity index (χ1v) is 20.5. The number of imide groups is 1. The van der Waals surface area contributed by atoms with Gasteiger partial charge in [-0.1, -0.05) is 70.9 Å². The van der Waals surface area contributed by atoms with Crippen LogP contribution in [-0.4, -0.2) is 101 Å². The van der Waals surface area contributed by atoms with Crippen molar-refractivity contribution in [3.05, 3.63) is 64.1 Å². The quantitative estimate of drug-likeness (QED) is 0.0805. The number of unbranched alkanes of at least 4 members (excludes halogenated alkanes) is 3. The third kappa shape index (κ3) is 13.9. The molecule has 4 N–H and O–H groups in total. The van der Waals surface area contributed by atoms with E-state index < -0.39 is 30.2 Å². The molecule has 3 rings (SSSR count). The first-order chi connectivity index (χ1) is 26.3. The van der Waals surface area contributed by atoms with Gasteiger partial charge in [-0.15, -0.1) is 11.3 Å². The molecule has 0 spiro atoms. The van der Waals surface area contributed by atoms with Gasteiger partial charge >= 0.3 is 0 Å². The maximum absolute atomic E-state index is 14.2. The molecule has 1 aromatic carbocycles. The summed E-state index contributed by atoms with van der Waals surface area (Å²) in [5.74, 6) is -1.48. The van der Waals surface area contributed by atoms with E-state index in [9.17, 15) is 29.1 Å². The van der Waals surface area contributed by atoms with Gasteiger partial charge in [-0.25, -0.2) is 4.98 Å². The molecule has 13 nitrogen and oxygen atoms in total. The summed E-state index contributed by atoms with van der Waals surface area (Å²) in [6.45, 7) is 11.2. The van der Waals surface area contributed by atoms with Crippen LogP contribution < -0.4 is 16.0 Å². The molecule has 2 heterocycles. The van der Waals surface area contributed by atoms with Crippen LogP contribution in [0.2, 0.25) is 0 Å². The lowest BCUT2D eigenvalue weighted by molar-refractivity contribution is -0.140. The number of carbonyl (C=O) groups excluding carboxylic acids is 5. The lowest BCUT2D eigenvalue weighted by Crippen LogP contribution is -2.54. The SMILES string of the molecule is CC[C@H](C)[C@H](NC(=O)CCCCCNC)C(=O)N(C)[C@H](C[C@@H](OCCCCN1C(=O)C=CC1=O)c1nc(C(=O)N[C@H](C)C(O)c2ccccc2)cs1)C(C)C. The molecule has 1 aliphatic heterocycles. The monoisotopic (exact) mass is 782 g/mol. The van der Waals surface area contributed by atoms with E-state index in [2.05, 4.69) is 20.9 Å². The molecule has 0 fully saturated rings. The van der Waals surface area contributed by atoms with Gasteiger partial charge in [0.1, 0.15) is 22.8 Å². The van der Waals surface area contributed by atoms with Crippen LogP contribution in [0.3, 0.4) is 0 Å². The van der Waals surface area contributed by atoms with Crippen molar-refractivity contribution in [2.45, 2.75) is 116 Å². The maximum atomic E-state index is 14.2. The van der Waals surface area contributed by atoms with Crippen LogP contribution in [0.4, 0.5) is 0 Å². The molecule has 0 saturated heterocycles. The van der Waals surface area contributed by atoms with Gasteiger partial charge in [0.05, 0.1) is 12.1 Å². The van der Waals surface area contributed by atoms with E-state index in [1.807, 2.05) is 52.9 Å². The number of ether oxygens (including phenoxy) is 1. The Bertz CT molecular complexity index is 1550. The molecule has 0 bridgehead atoms. The number of hydrogen-bond donors (Lipinski definition) is 4. The number of amides is 5. The molecule has 0 aliphatic carbocycles. The smallest absolute Gasteiger partial charge is 0.271 e. The number of nitrogens with one attached hydrogen (secondary N) is 3. The zero-order valence-electron chi connectivity index (χ0n) is 33.6. The number of aromatic nitrogens is 1.